The highest BCUT2D eigenvalue weighted by atomic mass is 19.1. The zero-order valence-electron chi connectivity index (χ0n) is 10.0. The van der Waals surface area contributed by atoms with Crippen molar-refractivity contribution in [2.75, 3.05) is 0 Å². The summed E-state index contributed by atoms with van der Waals surface area (Å²) in [6.45, 7) is 2.62. The van der Waals surface area contributed by atoms with Crippen molar-refractivity contribution in [3.8, 4) is 6.07 Å². The number of nitrogens with one attached hydrogen (secondary N) is 1. The summed E-state index contributed by atoms with van der Waals surface area (Å²) in [6.07, 6.45) is 3.14. The van der Waals surface area contributed by atoms with Gasteiger partial charge in [-0.05, 0) is 43.0 Å². The minimum atomic E-state index is -0.198. The van der Waals surface area contributed by atoms with E-state index in [1.54, 1.807) is 12.1 Å². The first kappa shape index (κ1) is 12.1. The number of aryl methyl sites for hydroxylation is 1. The largest absolute Gasteiger partial charge is 0.309 e. The van der Waals surface area contributed by atoms with Gasteiger partial charge >= 0.3 is 0 Å². The highest BCUT2D eigenvalue weighted by Gasteiger charge is 2.26. The zero-order chi connectivity index (χ0) is 12.3. The normalized spacial score (nSPS) is 23.6. The Morgan fingerprint density at radius 3 is 3.06 bits per heavy atom. The number of nitrogens with zero attached hydrogens (tertiary/aromatic N) is 1. The van der Waals surface area contributed by atoms with Crippen molar-refractivity contribution in [2.45, 2.75) is 38.8 Å². The maximum Gasteiger partial charge on any atom is 0.123 e. The molecule has 2 atom stereocenters. The first-order chi connectivity index (χ1) is 8.20. The first-order valence-corrected chi connectivity index (χ1v) is 6.08. The van der Waals surface area contributed by atoms with Gasteiger partial charge in [0, 0.05) is 12.6 Å². The van der Waals surface area contributed by atoms with Gasteiger partial charge in [0.2, 0.25) is 0 Å². The molecule has 0 bridgehead atoms. The number of hydrogen-bond acceptors (Lipinski definition) is 2. The smallest absolute Gasteiger partial charge is 0.123 e. The van der Waals surface area contributed by atoms with E-state index in [2.05, 4.69) is 11.4 Å². The lowest BCUT2D eigenvalue weighted by molar-refractivity contribution is 0.463. The van der Waals surface area contributed by atoms with Gasteiger partial charge in [-0.15, -0.1) is 0 Å². The van der Waals surface area contributed by atoms with Crippen molar-refractivity contribution in [3.05, 3.63) is 35.1 Å². The molecule has 1 aliphatic rings. The van der Waals surface area contributed by atoms with Gasteiger partial charge in [0.1, 0.15) is 5.82 Å². The van der Waals surface area contributed by atoms with Crippen molar-refractivity contribution in [1.29, 1.82) is 5.26 Å². The Morgan fingerprint density at radius 2 is 2.29 bits per heavy atom. The second-order valence-corrected chi connectivity index (χ2v) is 4.72. The van der Waals surface area contributed by atoms with E-state index in [9.17, 15) is 4.39 Å². The zero-order valence-corrected chi connectivity index (χ0v) is 10.0. The highest BCUT2D eigenvalue weighted by molar-refractivity contribution is 5.26. The SMILES string of the molecule is Cc1ccc(F)cc1CNC1CCCC1C#N. The van der Waals surface area contributed by atoms with Gasteiger partial charge in [-0.1, -0.05) is 12.5 Å². The van der Waals surface area contributed by atoms with E-state index in [4.69, 9.17) is 5.26 Å². The number of benzene rings is 1. The summed E-state index contributed by atoms with van der Waals surface area (Å²) in [4.78, 5) is 0. The maximum absolute atomic E-state index is 13.1. The Kier molecular flexibility index (Phi) is 3.75. The van der Waals surface area contributed by atoms with Gasteiger partial charge in [0.05, 0.1) is 12.0 Å². The van der Waals surface area contributed by atoms with Crippen molar-refractivity contribution in [3.63, 3.8) is 0 Å². The van der Waals surface area contributed by atoms with E-state index in [1.165, 1.54) is 6.07 Å². The van der Waals surface area contributed by atoms with Crippen LogP contribution in [0.4, 0.5) is 4.39 Å². The molecule has 0 aromatic heterocycles. The lowest BCUT2D eigenvalue weighted by Gasteiger charge is -2.16. The molecule has 0 saturated heterocycles. The fraction of sp³-hybridized carbons (Fsp3) is 0.500. The second-order valence-electron chi connectivity index (χ2n) is 4.72. The van der Waals surface area contributed by atoms with Crippen LogP contribution in [-0.2, 0) is 6.54 Å². The lowest BCUT2D eigenvalue weighted by Crippen LogP contribution is -2.31. The molecule has 90 valence electrons. The van der Waals surface area contributed by atoms with Gasteiger partial charge in [-0.2, -0.15) is 5.26 Å². The van der Waals surface area contributed by atoms with E-state index in [0.29, 0.717) is 6.54 Å². The number of hydrogen-bond donors (Lipinski definition) is 1. The van der Waals surface area contributed by atoms with Gasteiger partial charge in [-0.25, -0.2) is 4.39 Å². The molecule has 2 unspecified atom stereocenters. The molecule has 17 heavy (non-hydrogen) atoms. The average Bonchev–Trinajstić information content (AvgIpc) is 2.77. The summed E-state index contributed by atoms with van der Waals surface area (Å²) < 4.78 is 13.1. The molecular weight excluding hydrogens is 215 g/mol. The Morgan fingerprint density at radius 1 is 1.47 bits per heavy atom. The summed E-state index contributed by atoms with van der Waals surface area (Å²) in [7, 11) is 0. The lowest BCUT2D eigenvalue weighted by atomic mass is 10.0. The molecule has 1 N–H and O–H groups in total. The van der Waals surface area contributed by atoms with Gasteiger partial charge in [0.15, 0.2) is 0 Å². The van der Waals surface area contributed by atoms with Crippen molar-refractivity contribution in [2.24, 2.45) is 5.92 Å². The van der Waals surface area contributed by atoms with Crippen molar-refractivity contribution < 1.29 is 4.39 Å². The van der Waals surface area contributed by atoms with E-state index in [0.717, 1.165) is 30.4 Å². The van der Waals surface area contributed by atoms with Crippen LogP contribution in [0.3, 0.4) is 0 Å². The average molecular weight is 232 g/mol. The van der Waals surface area contributed by atoms with Gasteiger partial charge < -0.3 is 5.32 Å². The van der Waals surface area contributed by atoms with Gasteiger partial charge in [0.25, 0.3) is 0 Å². The topological polar surface area (TPSA) is 35.8 Å². The minimum Gasteiger partial charge on any atom is -0.309 e. The molecule has 1 aromatic carbocycles. The number of halogens is 1. The molecule has 1 aromatic rings. The molecule has 1 fully saturated rings. The third kappa shape index (κ3) is 2.83. The highest BCUT2D eigenvalue weighted by Crippen LogP contribution is 2.25. The van der Waals surface area contributed by atoms with Crippen LogP contribution in [0.25, 0.3) is 0 Å². The molecule has 3 heteroatoms. The predicted molar refractivity (Wildman–Crippen MR) is 64.7 cm³/mol. The predicted octanol–water partition coefficient (Wildman–Crippen LogP) is 2.92. The Bertz CT molecular complexity index is 436. The summed E-state index contributed by atoms with van der Waals surface area (Å²) in [5, 5.41) is 12.4. The van der Waals surface area contributed by atoms with E-state index in [-0.39, 0.29) is 17.8 Å². The Hall–Kier alpha value is -1.40. The fourth-order valence-corrected chi connectivity index (χ4v) is 2.43. The van der Waals surface area contributed by atoms with Crippen molar-refractivity contribution in [1.82, 2.24) is 5.32 Å². The molecule has 2 nitrogen and oxygen atoms in total. The molecule has 0 heterocycles. The van der Waals surface area contributed by atoms with Gasteiger partial charge in [-0.3, -0.25) is 0 Å². The van der Waals surface area contributed by atoms with Crippen LogP contribution in [0.15, 0.2) is 18.2 Å². The molecule has 0 amide bonds. The summed E-state index contributed by atoms with van der Waals surface area (Å²) in [5.41, 5.74) is 2.07. The van der Waals surface area contributed by atoms with Crippen molar-refractivity contribution >= 4 is 0 Å². The summed E-state index contributed by atoms with van der Waals surface area (Å²) >= 11 is 0. The molecule has 2 rings (SSSR count). The van der Waals surface area contributed by atoms with Crippen LogP contribution in [0.5, 0.6) is 0 Å². The minimum absolute atomic E-state index is 0.115. The fourth-order valence-electron chi connectivity index (χ4n) is 2.43. The summed E-state index contributed by atoms with van der Waals surface area (Å²) in [6, 6.07) is 7.45. The summed E-state index contributed by atoms with van der Waals surface area (Å²) in [5.74, 6) is -0.0838. The Balaban J connectivity index is 1.98. The van der Waals surface area contributed by atoms with Crippen LogP contribution < -0.4 is 5.32 Å². The molecular formula is C14H17FN2. The quantitative estimate of drug-likeness (QED) is 0.869. The second kappa shape index (κ2) is 5.29. The first-order valence-electron chi connectivity index (χ1n) is 6.08. The molecule has 0 aliphatic heterocycles. The third-order valence-electron chi connectivity index (χ3n) is 3.55. The molecule has 1 saturated carbocycles. The number of nitriles is 1. The standard InChI is InChI=1S/C14H17FN2/c1-10-5-6-13(15)7-12(10)9-17-14-4-2-3-11(14)8-16/h5-7,11,14,17H,2-4,9H2,1H3. The monoisotopic (exact) mass is 232 g/mol. The Labute approximate surface area is 101 Å². The van der Waals surface area contributed by atoms with Crippen LogP contribution in [0.1, 0.15) is 30.4 Å². The van der Waals surface area contributed by atoms with E-state index < -0.39 is 0 Å². The van der Waals surface area contributed by atoms with E-state index in [1.807, 2.05) is 6.92 Å². The van der Waals surface area contributed by atoms with Crippen LogP contribution >= 0.6 is 0 Å². The maximum atomic E-state index is 13.1. The third-order valence-corrected chi connectivity index (χ3v) is 3.55. The van der Waals surface area contributed by atoms with Crippen LogP contribution in [-0.4, -0.2) is 6.04 Å². The van der Waals surface area contributed by atoms with E-state index >= 15 is 0 Å². The van der Waals surface area contributed by atoms with Crippen LogP contribution in [0.2, 0.25) is 0 Å². The number of rotatable bonds is 3. The molecule has 0 spiro atoms. The van der Waals surface area contributed by atoms with Crippen LogP contribution in [0, 0.1) is 30.0 Å². The molecule has 1 aliphatic carbocycles. The molecule has 0 radical (unpaired) electrons.